The number of hydrogen-bond donors (Lipinski definition) is 1. The molecule has 6 nitrogen and oxygen atoms in total. The summed E-state index contributed by atoms with van der Waals surface area (Å²) in [6.45, 7) is 11.3. The number of hydrogen-bond acceptors (Lipinski definition) is 5. The number of aliphatic carboxylic acids is 1. The van der Waals surface area contributed by atoms with Gasteiger partial charge in [-0.3, -0.25) is 9.69 Å². The lowest BCUT2D eigenvalue weighted by atomic mass is 10.1. The van der Waals surface area contributed by atoms with E-state index in [0.717, 1.165) is 6.42 Å². The standard InChI is InChI=1S/C14H25N3O3/c1-10(2)8-11-15-12(20-16-11)9-17(14(3,4)5)7-6-13(18)19/h10H,6-9H2,1-5H3,(H,18,19). The molecule has 0 aliphatic carbocycles. The Kier molecular flexibility index (Phi) is 5.68. The summed E-state index contributed by atoms with van der Waals surface area (Å²) in [4.78, 5) is 17.1. The van der Waals surface area contributed by atoms with Gasteiger partial charge in [-0.25, -0.2) is 0 Å². The van der Waals surface area contributed by atoms with Gasteiger partial charge >= 0.3 is 5.97 Å². The van der Waals surface area contributed by atoms with Gasteiger partial charge in [0.15, 0.2) is 5.82 Å². The molecule has 0 aromatic carbocycles. The Morgan fingerprint density at radius 2 is 2.05 bits per heavy atom. The SMILES string of the molecule is CC(C)Cc1noc(CN(CCC(=O)O)C(C)(C)C)n1. The van der Waals surface area contributed by atoms with Crippen molar-refractivity contribution in [2.24, 2.45) is 5.92 Å². The highest BCUT2D eigenvalue weighted by atomic mass is 16.5. The highest BCUT2D eigenvalue weighted by Crippen LogP contribution is 2.17. The minimum absolute atomic E-state index is 0.101. The molecule has 0 aliphatic heterocycles. The van der Waals surface area contributed by atoms with Crippen LogP contribution in [0.15, 0.2) is 4.52 Å². The van der Waals surface area contributed by atoms with Crippen LogP contribution in [0.3, 0.4) is 0 Å². The molecule has 0 bridgehead atoms. The van der Waals surface area contributed by atoms with E-state index in [0.29, 0.717) is 30.7 Å². The molecule has 6 heteroatoms. The van der Waals surface area contributed by atoms with Crippen LogP contribution in [0.1, 0.15) is 52.8 Å². The summed E-state index contributed by atoms with van der Waals surface area (Å²) in [7, 11) is 0. The first-order chi connectivity index (χ1) is 9.18. The molecule has 1 aromatic rings. The minimum atomic E-state index is -0.801. The van der Waals surface area contributed by atoms with Crippen molar-refractivity contribution in [3.8, 4) is 0 Å². The Morgan fingerprint density at radius 3 is 2.55 bits per heavy atom. The molecule has 0 radical (unpaired) electrons. The molecule has 0 saturated heterocycles. The maximum Gasteiger partial charge on any atom is 0.304 e. The first-order valence-corrected chi connectivity index (χ1v) is 6.96. The third-order valence-electron chi connectivity index (χ3n) is 2.97. The summed E-state index contributed by atoms with van der Waals surface area (Å²) >= 11 is 0. The highest BCUT2D eigenvalue weighted by Gasteiger charge is 2.24. The quantitative estimate of drug-likeness (QED) is 0.827. The van der Waals surface area contributed by atoms with Crippen molar-refractivity contribution in [1.82, 2.24) is 15.0 Å². The third kappa shape index (κ3) is 5.69. The lowest BCUT2D eigenvalue weighted by Gasteiger charge is -2.34. The van der Waals surface area contributed by atoms with E-state index in [4.69, 9.17) is 9.63 Å². The third-order valence-corrected chi connectivity index (χ3v) is 2.97. The Morgan fingerprint density at radius 1 is 1.40 bits per heavy atom. The summed E-state index contributed by atoms with van der Waals surface area (Å²) < 4.78 is 5.25. The molecule has 1 rings (SSSR count). The summed E-state index contributed by atoms with van der Waals surface area (Å²) in [5.41, 5.74) is -0.151. The van der Waals surface area contributed by atoms with E-state index in [1.165, 1.54) is 0 Å². The van der Waals surface area contributed by atoms with Crippen LogP contribution < -0.4 is 0 Å². The van der Waals surface area contributed by atoms with Gasteiger partial charge in [0.2, 0.25) is 5.89 Å². The van der Waals surface area contributed by atoms with Gasteiger partial charge in [0.25, 0.3) is 0 Å². The molecule has 0 aliphatic rings. The van der Waals surface area contributed by atoms with Gasteiger partial charge in [-0.1, -0.05) is 19.0 Å². The second-order valence-corrected chi connectivity index (χ2v) is 6.44. The van der Waals surface area contributed by atoms with Crippen molar-refractivity contribution in [2.75, 3.05) is 6.54 Å². The molecule has 20 heavy (non-hydrogen) atoms. The van der Waals surface area contributed by atoms with E-state index >= 15 is 0 Å². The molecule has 1 heterocycles. The van der Waals surface area contributed by atoms with Crippen molar-refractivity contribution < 1.29 is 14.4 Å². The minimum Gasteiger partial charge on any atom is -0.481 e. The summed E-state index contributed by atoms with van der Waals surface area (Å²) in [5.74, 6) is 0.930. The maximum atomic E-state index is 10.7. The Labute approximate surface area is 120 Å². The lowest BCUT2D eigenvalue weighted by molar-refractivity contribution is -0.137. The predicted molar refractivity (Wildman–Crippen MR) is 75.3 cm³/mol. The number of carboxylic acid groups (broad SMARTS) is 1. The smallest absolute Gasteiger partial charge is 0.304 e. The van der Waals surface area contributed by atoms with E-state index in [-0.39, 0.29) is 12.0 Å². The molecule has 0 amide bonds. The molecular formula is C14H25N3O3. The van der Waals surface area contributed by atoms with Crippen molar-refractivity contribution >= 4 is 5.97 Å². The largest absolute Gasteiger partial charge is 0.481 e. The molecule has 114 valence electrons. The van der Waals surface area contributed by atoms with Crippen LogP contribution in [-0.2, 0) is 17.8 Å². The number of nitrogens with zero attached hydrogens (tertiary/aromatic N) is 3. The first-order valence-electron chi connectivity index (χ1n) is 6.96. The Hall–Kier alpha value is -1.43. The van der Waals surface area contributed by atoms with Crippen molar-refractivity contribution in [3.05, 3.63) is 11.7 Å². The molecule has 0 spiro atoms. The fourth-order valence-corrected chi connectivity index (χ4v) is 1.85. The fraction of sp³-hybridized carbons (Fsp3) is 0.786. The lowest BCUT2D eigenvalue weighted by Crippen LogP contribution is -2.42. The molecular weight excluding hydrogens is 258 g/mol. The number of aromatic nitrogens is 2. The van der Waals surface area contributed by atoms with Gasteiger partial charge < -0.3 is 9.63 Å². The maximum absolute atomic E-state index is 10.7. The Balaban J connectivity index is 2.69. The van der Waals surface area contributed by atoms with E-state index in [2.05, 4.69) is 24.0 Å². The van der Waals surface area contributed by atoms with Gasteiger partial charge in [-0.2, -0.15) is 4.98 Å². The number of rotatable bonds is 7. The second-order valence-electron chi connectivity index (χ2n) is 6.44. The molecule has 0 fully saturated rings. The summed E-state index contributed by atoms with van der Waals surface area (Å²) in [5, 5.41) is 12.8. The monoisotopic (exact) mass is 283 g/mol. The van der Waals surface area contributed by atoms with E-state index in [1.807, 2.05) is 25.7 Å². The van der Waals surface area contributed by atoms with Crippen LogP contribution >= 0.6 is 0 Å². The molecule has 0 unspecified atom stereocenters. The van der Waals surface area contributed by atoms with Crippen LogP contribution in [0.25, 0.3) is 0 Å². The molecule has 1 aromatic heterocycles. The first kappa shape index (κ1) is 16.6. The number of carbonyl (C=O) groups is 1. The van der Waals surface area contributed by atoms with Crippen LogP contribution in [0.4, 0.5) is 0 Å². The zero-order valence-electron chi connectivity index (χ0n) is 13.0. The van der Waals surface area contributed by atoms with E-state index in [9.17, 15) is 4.79 Å². The average molecular weight is 283 g/mol. The van der Waals surface area contributed by atoms with Crippen molar-refractivity contribution in [1.29, 1.82) is 0 Å². The number of carboxylic acids is 1. The van der Waals surface area contributed by atoms with Crippen LogP contribution in [0, 0.1) is 5.92 Å². The van der Waals surface area contributed by atoms with Crippen LogP contribution in [-0.4, -0.2) is 38.2 Å². The normalized spacial score (nSPS) is 12.3. The van der Waals surface area contributed by atoms with E-state index in [1.54, 1.807) is 0 Å². The summed E-state index contributed by atoms with van der Waals surface area (Å²) in [6.07, 6.45) is 0.887. The molecule has 0 atom stereocenters. The molecule has 1 N–H and O–H groups in total. The van der Waals surface area contributed by atoms with Gasteiger partial charge in [0.05, 0.1) is 13.0 Å². The van der Waals surface area contributed by atoms with Crippen molar-refractivity contribution in [3.63, 3.8) is 0 Å². The topological polar surface area (TPSA) is 79.5 Å². The van der Waals surface area contributed by atoms with E-state index < -0.39 is 5.97 Å². The zero-order valence-corrected chi connectivity index (χ0v) is 13.0. The molecule has 0 saturated carbocycles. The van der Waals surface area contributed by atoms with Crippen LogP contribution in [0.2, 0.25) is 0 Å². The average Bonchev–Trinajstić information content (AvgIpc) is 2.68. The van der Waals surface area contributed by atoms with Gasteiger partial charge in [0.1, 0.15) is 0 Å². The van der Waals surface area contributed by atoms with Gasteiger partial charge in [-0.05, 0) is 26.7 Å². The van der Waals surface area contributed by atoms with Gasteiger partial charge in [0, 0.05) is 18.5 Å². The van der Waals surface area contributed by atoms with Crippen LogP contribution in [0.5, 0.6) is 0 Å². The Bertz CT molecular complexity index is 435. The second kappa shape index (κ2) is 6.83. The van der Waals surface area contributed by atoms with Gasteiger partial charge in [-0.15, -0.1) is 0 Å². The fourth-order valence-electron chi connectivity index (χ4n) is 1.85. The zero-order chi connectivity index (χ0) is 15.3. The predicted octanol–water partition coefficient (Wildman–Crippen LogP) is 2.34. The highest BCUT2D eigenvalue weighted by molar-refractivity contribution is 5.66. The summed E-state index contributed by atoms with van der Waals surface area (Å²) in [6, 6.07) is 0. The van der Waals surface area contributed by atoms with Crippen molar-refractivity contribution in [2.45, 2.75) is 59.5 Å².